The molecule has 0 aromatic carbocycles. The Kier molecular flexibility index (Phi) is 3.22. The predicted octanol–water partition coefficient (Wildman–Crippen LogP) is 2.39. The summed E-state index contributed by atoms with van der Waals surface area (Å²) in [6.07, 6.45) is -7.60. The maximum Gasteiger partial charge on any atom is 0.453 e. The summed E-state index contributed by atoms with van der Waals surface area (Å²) in [6, 6.07) is 0. The highest BCUT2D eigenvalue weighted by atomic mass is 19.4. The molecule has 0 aromatic rings. The van der Waals surface area contributed by atoms with Gasteiger partial charge < -0.3 is 0 Å². The minimum absolute atomic E-state index is 0.660. The van der Waals surface area contributed by atoms with Crippen molar-refractivity contribution >= 4 is 0 Å². The average molecular weight is 177 g/mol. The van der Waals surface area contributed by atoms with Crippen LogP contribution < -0.4 is 0 Å². The van der Waals surface area contributed by atoms with Crippen LogP contribution in [0.2, 0.25) is 0 Å². The van der Waals surface area contributed by atoms with Crippen molar-refractivity contribution in [1.29, 1.82) is 0 Å². The fourth-order valence-corrected chi connectivity index (χ4v) is 0.436. The van der Waals surface area contributed by atoms with Crippen LogP contribution in [0.5, 0.6) is 0 Å². The van der Waals surface area contributed by atoms with Crippen LogP contribution >= 0.6 is 0 Å². The van der Waals surface area contributed by atoms with E-state index in [-0.39, 0.29) is 0 Å². The number of halogens is 5. The molecule has 0 aromatic heterocycles. The van der Waals surface area contributed by atoms with Gasteiger partial charge in [0.1, 0.15) is 0 Å². The Labute approximate surface area is 59.8 Å². The molecular formula is C5H6F5O. The summed E-state index contributed by atoms with van der Waals surface area (Å²) in [5.41, 5.74) is 0. The zero-order valence-electron chi connectivity index (χ0n) is 5.42. The van der Waals surface area contributed by atoms with E-state index in [1.807, 2.05) is 0 Å². The van der Waals surface area contributed by atoms with E-state index in [4.69, 9.17) is 0 Å². The van der Waals surface area contributed by atoms with E-state index < -0.39 is 31.5 Å². The maximum atomic E-state index is 11.9. The van der Waals surface area contributed by atoms with Gasteiger partial charge in [0, 0.05) is 6.42 Å². The SMILES string of the molecule is [O]CCCC(F)(F)C(F)(F)F. The molecule has 0 heterocycles. The van der Waals surface area contributed by atoms with Gasteiger partial charge >= 0.3 is 12.1 Å². The summed E-state index contributed by atoms with van der Waals surface area (Å²) in [7, 11) is 0. The van der Waals surface area contributed by atoms with E-state index in [9.17, 15) is 27.1 Å². The first-order chi connectivity index (χ1) is 4.81. The second kappa shape index (κ2) is 3.34. The molecule has 6 heteroatoms. The smallest absolute Gasteiger partial charge is 0.237 e. The van der Waals surface area contributed by atoms with E-state index in [0.29, 0.717) is 0 Å². The number of rotatable bonds is 3. The summed E-state index contributed by atoms with van der Waals surface area (Å²) in [4.78, 5) is 0. The molecule has 1 radical (unpaired) electrons. The third-order valence-electron chi connectivity index (χ3n) is 1.05. The van der Waals surface area contributed by atoms with Crippen molar-refractivity contribution in [3.8, 4) is 0 Å². The van der Waals surface area contributed by atoms with Gasteiger partial charge in [-0.05, 0) is 6.42 Å². The number of hydrogen-bond donors (Lipinski definition) is 0. The lowest BCUT2D eigenvalue weighted by atomic mass is 10.2. The third-order valence-corrected chi connectivity index (χ3v) is 1.05. The van der Waals surface area contributed by atoms with Gasteiger partial charge in [0.2, 0.25) is 0 Å². The molecule has 0 unspecified atom stereocenters. The summed E-state index contributed by atoms with van der Waals surface area (Å²) in [6.45, 7) is -0.911. The Morgan fingerprint density at radius 2 is 1.45 bits per heavy atom. The molecule has 0 bridgehead atoms. The molecule has 11 heavy (non-hydrogen) atoms. The highest BCUT2D eigenvalue weighted by molar-refractivity contribution is 4.74. The molecule has 0 N–H and O–H groups in total. The van der Waals surface area contributed by atoms with Crippen molar-refractivity contribution in [2.24, 2.45) is 0 Å². The van der Waals surface area contributed by atoms with Gasteiger partial charge in [0.15, 0.2) is 0 Å². The zero-order valence-corrected chi connectivity index (χ0v) is 5.42. The average Bonchev–Trinajstić information content (AvgIpc) is 1.81. The lowest BCUT2D eigenvalue weighted by molar-refractivity contribution is -0.285. The fourth-order valence-electron chi connectivity index (χ4n) is 0.436. The van der Waals surface area contributed by atoms with Crippen LogP contribution in [-0.2, 0) is 5.11 Å². The molecular weight excluding hydrogens is 171 g/mol. The Hall–Kier alpha value is -0.390. The molecule has 0 aliphatic carbocycles. The molecule has 0 atom stereocenters. The molecule has 0 aliphatic rings. The second-order valence-electron chi connectivity index (χ2n) is 2.01. The van der Waals surface area contributed by atoms with Crippen LogP contribution in [-0.4, -0.2) is 18.7 Å². The normalized spacial score (nSPS) is 13.6. The first-order valence-corrected chi connectivity index (χ1v) is 2.84. The molecule has 0 spiro atoms. The van der Waals surface area contributed by atoms with Gasteiger partial charge in [-0.1, -0.05) is 0 Å². The fraction of sp³-hybridized carbons (Fsp3) is 1.00. The monoisotopic (exact) mass is 177 g/mol. The van der Waals surface area contributed by atoms with Gasteiger partial charge in [0.05, 0.1) is 6.61 Å². The van der Waals surface area contributed by atoms with Crippen molar-refractivity contribution in [3.63, 3.8) is 0 Å². The van der Waals surface area contributed by atoms with Crippen LogP contribution in [0.15, 0.2) is 0 Å². The quantitative estimate of drug-likeness (QED) is 0.590. The van der Waals surface area contributed by atoms with Crippen molar-refractivity contribution in [3.05, 3.63) is 0 Å². The van der Waals surface area contributed by atoms with E-state index in [1.54, 1.807) is 0 Å². The lowest BCUT2D eigenvalue weighted by Gasteiger charge is -2.18. The first kappa shape index (κ1) is 10.6. The molecule has 1 nitrogen and oxygen atoms in total. The minimum Gasteiger partial charge on any atom is -0.237 e. The lowest BCUT2D eigenvalue weighted by Crippen LogP contribution is -2.36. The van der Waals surface area contributed by atoms with Crippen molar-refractivity contribution in [1.82, 2.24) is 0 Å². The molecule has 0 saturated heterocycles. The van der Waals surface area contributed by atoms with Crippen LogP contribution in [0.25, 0.3) is 0 Å². The van der Waals surface area contributed by atoms with E-state index in [0.717, 1.165) is 0 Å². The predicted molar refractivity (Wildman–Crippen MR) is 25.8 cm³/mol. The van der Waals surface area contributed by atoms with Gasteiger partial charge in [-0.15, -0.1) is 0 Å². The van der Waals surface area contributed by atoms with Gasteiger partial charge in [0.25, 0.3) is 0 Å². The number of alkyl halides is 5. The van der Waals surface area contributed by atoms with Gasteiger partial charge in [-0.3, -0.25) is 0 Å². The van der Waals surface area contributed by atoms with Crippen LogP contribution in [0.3, 0.4) is 0 Å². The Morgan fingerprint density at radius 1 is 1.00 bits per heavy atom. The topological polar surface area (TPSA) is 19.9 Å². The molecule has 0 saturated carbocycles. The van der Waals surface area contributed by atoms with Crippen LogP contribution in [0.1, 0.15) is 12.8 Å². The zero-order chi connectivity index (χ0) is 9.12. The van der Waals surface area contributed by atoms with E-state index in [2.05, 4.69) is 0 Å². The van der Waals surface area contributed by atoms with Crippen LogP contribution in [0.4, 0.5) is 22.0 Å². The highest BCUT2D eigenvalue weighted by Gasteiger charge is 2.56. The van der Waals surface area contributed by atoms with E-state index in [1.165, 1.54) is 0 Å². The molecule has 0 fully saturated rings. The standard InChI is InChI=1S/C5H6F5O/c6-4(7,2-1-3-11)5(8,9)10/h1-3H2. The van der Waals surface area contributed by atoms with Gasteiger partial charge in [-0.25, -0.2) is 5.11 Å². The van der Waals surface area contributed by atoms with Crippen LogP contribution in [0, 0.1) is 0 Å². The third kappa shape index (κ3) is 3.00. The second-order valence-corrected chi connectivity index (χ2v) is 2.01. The molecule has 0 rings (SSSR count). The molecule has 0 aliphatic heterocycles. The molecule has 67 valence electrons. The number of hydrogen-bond acceptors (Lipinski definition) is 0. The van der Waals surface area contributed by atoms with E-state index >= 15 is 0 Å². The Balaban J connectivity index is 4.00. The summed E-state index contributed by atoms with van der Waals surface area (Å²) in [5, 5.41) is 9.60. The first-order valence-electron chi connectivity index (χ1n) is 2.84. The Bertz CT molecular complexity index is 119. The van der Waals surface area contributed by atoms with Crippen molar-refractivity contribution in [2.45, 2.75) is 24.9 Å². The minimum atomic E-state index is -5.53. The summed E-state index contributed by atoms with van der Waals surface area (Å²) < 4.78 is 57.6. The Morgan fingerprint density at radius 3 is 1.73 bits per heavy atom. The molecule has 0 amide bonds. The highest BCUT2D eigenvalue weighted by Crippen LogP contribution is 2.38. The van der Waals surface area contributed by atoms with Crippen molar-refractivity contribution in [2.75, 3.05) is 6.61 Å². The maximum absolute atomic E-state index is 11.9. The summed E-state index contributed by atoms with van der Waals surface area (Å²) >= 11 is 0. The largest absolute Gasteiger partial charge is 0.453 e. The van der Waals surface area contributed by atoms with Gasteiger partial charge in [-0.2, -0.15) is 22.0 Å². The van der Waals surface area contributed by atoms with Crippen molar-refractivity contribution < 1.29 is 27.1 Å². The summed E-state index contributed by atoms with van der Waals surface area (Å²) in [5.74, 6) is -4.71.